The zero-order valence-corrected chi connectivity index (χ0v) is 19.2. The number of likely N-dealkylation sites (tertiary alicyclic amines) is 1. The number of alkyl halides is 3. The van der Waals surface area contributed by atoms with E-state index in [4.69, 9.17) is 23.7 Å². The maximum absolute atomic E-state index is 13.3. The molecule has 4 rings (SSSR count). The fourth-order valence-electron chi connectivity index (χ4n) is 4.28. The van der Waals surface area contributed by atoms with Gasteiger partial charge in [-0.1, -0.05) is 0 Å². The van der Waals surface area contributed by atoms with Gasteiger partial charge in [-0.25, -0.2) is 0 Å². The number of fused-ring (bicyclic) bond motifs is 1. The minimum Gasteiger partial charge on any atom is -0.495 e. The average molecular weight is 498 g/mol. The first-order valence-electron chi connectivity index (χ1n) is 10.8. The SMILES string of the molecule is COc1cc(C(=O)N2CCC3(c4ncccc4OC)OCOC3C2)ccc1OCCOC(F)(F)F. The van der Waals surface area contributed by atoms with Gasteiger partial charge in [0, 0.05) is 24.7 Å². The molecule has 2 aliphatic heterocycles. The summed E-state index contributed by atoms with van der Waals surface area (Å²) in [5, 5.41) is 0. The van der Waals surface area contributed by atoms with Crippen LogP contribution in [0, 0.1) is 0 Å². The smallest absolute Gasteiger partial charge is 0.495 e. The van der Waals surface area contributed by atoms with Crippen LogP contribution in [0.1, 0.15) is 22.5 Å². The number of nitrogens with zero attached hydrogens (tertiary/aromatic N) is 2. The minimum atomic E-state index is -4.73. The second-order valence-corrected chi connectivity index (χ2v) is 7.87. The number of aromatic nitrogens is 1. The van der Waals surface area contributed by atoms with Gasteiger partial charge in [0.2, 0.25) is 0 Å². The highest BCUT2D eigenvalue weighted by atomic mass is 19.4. The molecule has 0 bridgehead atoms. The fourth-order valence-corrected chi connectivity index (χ4v) is 4.28. The van der Waals surface area contributed by atoms with E-state index in [0.29, 0.717) is 30.0 Å². The first kappa shape index (κ1) is 25.0. The number of ether oxygens (including phenoxy) is 6. The Bertz CT molecular complexity index is 1050. The minimum absolute atomic E-state index is 0.0737. The number of pyridine rings is 1. The van der Waals surface area contributed by atoms with Gasteiger partial charge in [-0.15, -0.1) is 13.2 Å². The predicted molar refractivity (Wildman–Crippen MR) is 114 cm³/mol. The molecule has 2 aromatic rings. The topological polar surface area (TPSA) is 88.6 Å². The summed E-state index contributed by atoms with van der Waals surface area (Å²) in [5.74, 6) is 0.742. The summed E-state index contributed by atoms with van der Waals surface area (Å²) in [6.07, 6.45) is -3.06. The maximum Gasteiger partial charge on any atom is 0.522 e. The third-order valence-electron chi connectivity index (χ3n) is 5.94. The van der Waals surface area contributed by atoms with E-state index in [2.05, 4.69) is 9.72 Å². The van der Waals surface area contributed by atoms with Gasteiger partial charge in [-0.05, 0) is 30.3 Å². The molecule has 1 aromatic heterocycles. The summed E-state index contributed by atoms with van der Waals surface area (Å²) in [6, 6.07) is 8.06. The normalized spacial score (nSPS) is 22.0. The van der Waals surface area contributed by atoms with Crippen molar-refractivity contribution in [3.05, 3.63) is 47.8 Å². The molecule has 2 aliphatic rings. The van der Waals surface area contributed by atoms with Crippen LogP contribution in [0.3, 0.4) is 0 Å². The van der Waals surface area contributed by atoms with Crippen LogP contribution in [-0.2, 0) is 19.8 Å². The van der Waals surface area contributed by atoms with Gasteiger partial charge in [0.1, 0.15) is 36.5 Å². The van der Waals surface area contributed by atoms with E-state index in [9.17, 15) is 18.0 Å². The van der Waals surface area contributed by atoms with Gasteiger partial charge in [0.25, 0.3) is 5.91 Å². The van der Waals surface area contributed by atoms with E-state index in [1.807, 2.05) is 0 Å². The van der Waals surface area contributed by atoms with Crippen LogP contribution in [0.25, 0.3) is 0 Å². The molecule has 3 heterocycles. The molecule has 1 aromatic carbocycles. The summed E-state index contributed by atoms with van der Waals surface area (Å²) in [6.45, 7) is -0.285. The summed E-state index contributed by atoms with van der Waals surface area (Å²) in [4.78, 5) is 19.4. The van der Waals surface area contributed by atoms with Gasteiger partial charge in [0.05, 0.1) is 27.4 Å². The van der Waals surface area contributed by atoms with Crippen LogP contribution in [0.5, 0.6) is 17.2 Å². The van der Waals surface area contributed by atoms with E-state index in [-0.39, 0.29) is 37.4 Å². The van der Waals surface area contributed by atoms with Gasteiger partial charge in [-0.2, -0.15) is 0 Å². The first-order valence-corrected chi connectivity index (χ1v) is 10.8. The van der Waals surface area contributed by atoms with E-state index in [1.165, 1.54) is 25.3 Å². The van der Waals surface area contributed by atoms with Crippen molar-refractivity contribution in [3.63, 3.8) is 0 Å². The molecule has 1 amide bonds. The molecule has 2 atom stereocenters. The number of carbonyl (C=O) groups excluding carboxylic acids is 1. The number of benzene rings is 1. The standard InChI is InChI=1S/C23H25F3N2O7/c1-30-17-4-3-8-27-20(17)22-7-9-28(13-19(22)33-14-35-22)21(29)15-5-6-16(18(12-15)31-2)32-10-11-34-23(24,25)26/h3-6,8,12,19H,7,9-11,13-14H2,1-2H3. The summed E-state index contributed by atoms with van der Waals surface area (Å²) in [7, 11) is 2.94. The Morgan fingerprint density at radius 2 is 1.97 bits per heavy atom. The number of rotatable bonds is 8. The zero-order valence-electron chi connectivity index (χ0n) is 19.2. The second kappa shape index (κ2) is 10.3. The Hall–Kier alpha value is -3.09. The van der Waals surface area contributed by atoms with Crippen molar-refractivity contribution in [2.75, 3.05) is 47.3 Å². The van der Waals surface area contributed by atoms with Crippen LogP contribution in [0.15, 0.2) is 36.5 Å². The first-order chi connectivity index (χ1) is 16.8. The van der Waals surface area contributed by atoms with Crippen LogP contribution < -0.4 is 14.2 Å². The number of carbonyl (C=O) groups is 1. The molecule has 2 unspecified atom stereocenters. The number of halogens is 3. The second-order valence-electron chi connectivity index (χ2n) is 7.87. The number of hydrogen-bond donors (Lipinski definition) is 0. The molecule has 0 aliphatic carbocycles. The van der Waals surface area contributed by atoms with E-state index >= 15 is 0 Å². The molecule has 2 fully saturated rings. The lowest BCUT2D eigenvalue weighted by Gasteiger charge is -2.41. The Morgan fingerprint density at radius 3 is 2.71 bits per heavy atom. The molecule has 9 nitrogen and oxygen atoms in total. The Morgan fingerprint density at radius 1 is 1.17 bits per heavy atom. The number of amides is 1. The largest absolute Gasteiger partial charge is 0.522 e. The molecule has 190 valence electrons. The van der Waals surface area contributed by atoms with Crippen molar-refractivity contribution in [2.24, 2.45) is 0 Å². The lowest BCUT2D eigenvalue weighted by Crippen LogP contribution is -2.54. The molecule has 0 radical (unpaired) electrons. The maximum atomic E-state index is 13.3. The van der Waals surface area contributed by atoms with Gasteiger partial charge in [-0.3, -0.25) is 14.5 Å². The van der Waals surface area contributed by atoms with Crippen molar-refractivity contribution in [3.8, 4) is 17.2 Å². The molecule has 0 saturated carbocycles. The molecule has 0 spiro atoms. The zero-order chi connectivity index (χ0) is 25.1. The number of piperidine rings is 1. The van der Waals surface area contributed by atoms with E-state index in [0.717, 1.165) is 0 Å². The quantitative estimate of drug-likeness (QED) is 0.513. The van der Waals surface area contributed by atoms with E-state index in [1.54, 1.807) is 30.3 Å². The van der Waals surface area contributed by atoms with Crippen LogP contribution in [-0.4, -0.2) is 75.6 Å². The fraction of sp³-hybridized carbons (Fsp3) is 0.478. The lowest BCUT2D eigenvalue weighted by atomic mass is 9.84. The molecule has 12 heteroatoms. The molecule has 35 heavy (non-hydrogen) atoms. The summed E-state index contributed by atoms with van der Waals surface area (Å²) >= 11 is 0. The Labute approximate surface area is 199 Å². The third-order valence-corrected chi connectivity index (χ3v) is 5.94. The Balaban J connectivity index is 1.45. The van der Waals surface area contributed by atoms with Crippen molar-refractivity contribution in [1.29, 1.82) is 0 Å². The number of methoxy groups -OCH3 is 2. The lowest BCUT2D eigenvalue weighted by molar-refractivity contribution is -0.325. The van der Waals surface area contributed by atoms with Crippen molar-refractivity contribution in [2.45, 2.75) is 24.5 Å². The average Bonchev–Trinajstić information content (AvgIpc) is 3.29. The Kier molecular flexibility index (Phi) is 7.33. The van der Waals surface area contributed by atoms with Crippen LogP contribution >= 0.6 is 0 Å². The van der Waals surface area contributed by atoms with Crippen molar-refractivity contribution >= 4 is 5.91 Å². The predicted octanol–water partition coefficient (Wildman–Crippen LogP) is 3.13. The molecule has 0 N–H and O–H groups in total. The van der Waals surface area contributed by atoms with Gasteiger partial charge in [0.15, 0.2) is 11.5 Å². The van der Waals surface area contributed by atoms with Crippen molar-refractivity contribution in [1.82, 2.24) is 9.88 Å². The third kappa shape index (κ3) is 5.29. The van der Waals surface area contributed by atoms with Gasteiger partial charge >= 0.3 is 6.36 Å². The molecular weight excluding hydrogens is 473 g/mol. The van der Waals surface area contributed by atoms with E-state index < -0.39 is 24.7 Å². The summed E-state index contributed by atoms with van der Waals surface area (Å²) < 4.78 is 67.9. The summed E-state index contributed by atoms with van der Waals surface area (Å²) in [5.41, 5.74) is 0.148. The monoisotopic (exact) mass is 498 g/mol. The molecule has 2 saturated heterocycles. The van der Waals surface area contributed by atoms with Crippen LogP contribution in [0.2, 0.25) is 0 Å². The molecular formula is C23H25F3N2O7. The van der Waals surface area contributed by atoms with Gasteiger partial charge < -0.3 is 28.6 Å². The highest BCUT2D eigenvalue weighted by Gasteiger charge is 2.53. The van der Waals surface area contributed by atoms with Crippen molar-refractivity contribution < 1.29 is 46.4 Å². The highest BCUT2D eigenvalue weighted by molar-refractivity contribution is 5.95. The van der Waals surface area contributed by atoms with Crippen LogP contribution in [0.4, 0.5) is 13.2 Å². The highest BCUT2D eigenvalue weighted by Crippen LogP contribution is 2.45. The number of hydrogen-bond acceptors (Lipinski definition) is 8.